The van der Waals surface area contributed by atoms with Gasteiger partial charge >= 0.3 is 0 Å². The molecule has 2 unspecified atom stereocenters. The van der Waals surface area contributed by atoms with Gasteiger partial charge in [0.25, 0.3) is 0 Å². The molecule has 0 bridgehead atoms. The van der Waals surface area contributed by atoms with E-state index in [2.05, 4.69) is 26.0 Å². The molecule has 0 heterocycles. The van der Waals surface area contributed by atoms with Crippen molar-refractivity contribution in [1.29, 1.82) is 0 Å². The Morgan fingerprint density at radius 3 is 2.54 bits per heavy atom. The maximum Gasteiger partial charge on any atom is 0.188 e. The molecule has 142 valence electrons. The van der Waals surface area contributed by atoms with Crippen LogP contribution < -0.4 is 14.8 Å². The quantitative estimate of drug-likeness (QED) is 0.499. The highest BCUT2D eigenvalue weighted by Crippen LogP contribution is 2.49. The normalized spacial score (nSPS) is 13.7. The van der Waals surface area contributed by atoms with Gasteiger partial charge in [-0.2, -0.15) is 0 Å². The van der Waals surface area contributed by atoms with Crippen LogP contribution in [0.2, 0.25) is 0 Å². The van der Waals surface area contributed by atoms with Gasteiger partial charge in [0, 0.05) is 17.8 Å². The standard InChI is InChI=1S/C21H29O4P/c1-5-12-21(2,26-20-9-7-6-8-16(20)14-22)18-13-17(24-4)10-11-19(18)25-15-23-3/h6-11,13,22,26H,5,12,14-15H2,1-4H3. The van der Waals surface area contributed by atoms with E-state index >= 15 is 0 Å². The van der Waals surface area contributed by atoms with Gasteiger partial charge in [0.05, 0.1) is 13.7 Å². The van der Waals surface area contributed by atoms with Crippen molar-refractivity contribution in [3.8, 4) is 11.5 Å². The molecule has 0 aliphatic heterocycles. The number of hydrogen-bond donors (Lipinski definition) is 1. The summed E-state index contributed by atoms with van der Waals surface area (Å²) in [5, 5.41) is 10.8. The second-order valence-electron chi connectivity index (χ2n) is 6.44. The van der Waals surface area contributed by atoms with Crippen LogP contribution in [0.4, 0.5) is 0 Å². The fourth-order valence-corrected chi connectivity index (χ4v) is 4.96. The van der Waals surface area contributed by atoms with Gasteiger partial charge in [-0.3, -0.25) is 0 Å². The van der Waals surface area contributed by atoms with Crippen molar-refractivity contribution in [3.63, 3.8) is 0 Å². The Balaban J connectivity index is 2.49. The van der Waals surface area contributed by atoms with Crippen LogP contribution in [0, 0.1) is 0 Å². The van der Waals surface area contributed by atoms with Crippen LogP contribution in [0.15, 0.2) is 42.5 Å². The monoisotopic (exact) mass is 376 g/mol. The molecule has 2 atom stereocenters. The van der Waals surface area contributed by atoms with E-state index in [0.717, 1.165) is 35.5 Å². The van der Waals surface area contributed by atoms with Crippen LogP contribution in [0.5, 0.6) is 11.5 Å². The molecule has 0 spiro atoms. The lowest BCUT2D eigenvalue weighted by molar-refractivity contribution is 0.0500. The summed E-state index contributed by atoms with van der Waals surface area (Å²) in [6.45, 7) is 4.71. The molecular weight excluding hydrogens is 347 g/mol. The lowest BCUT2D eigenvalue weighted by Gasteiger charge is -2.33. The number of benzene rings is 2. The lowest BCUT2D eigenvalue weighted by Crippen LogP contribution is -2.22. The number of aliphatic hydroxyl groups is 1. The minimum Gasteiger partial charge on any atom is -0.497 e. The van der Waals surface area contributed by atoms with Gasteiger partial charge in [-0.15, -0.1) is 0 Å². The van der Waals surface area contributed by atoms with Crippen LogP contribution in [0.25, 0.3) is 0 Å². The van der Waals surface area contributed by atoms with Crippen LogP contribution in [0.1, 0.15) is 37.8 Å². The van der Waals surface area contributed by atoms with Gasteiger partial charge in [-0.25, -0.2) is 0 Å². The maximum atomic E-state index is 9.71. The van der Waals surface area contributed by atoms with Crippen molar-refractivity contribution in [3.05, 3.63) is 53.6 Å². The van der Waals surface area contributed by atoms with Crippen LogP contribution in [-0.2, 0) is 16.5 Å². The van der Waals surface area contributed by atoms with E-state index in [-0.39, 0.29) is 18.6 Å². The molecule has 2 aromatic rings. The number of ether oxygens (including phenoxy) is 3. The molecule has 1 N–H and O–H groups in total. The van der Waals surface area contributed by atoms with Crippen LogP contribution in [0.3, 0.4) is 0 Å². The topological polar surface area (TPSA) is 47.9 Å². The largest absolute Gasteiger partial charge is 0.497 e. The number of rotatable bonds is 10. The molecule has 0 fully saturated rings. The van der Waals surface area contributed by atoms with Crippen molar-refractivity contribution in [2.24, 2.45) is 0 Å². The first-order chi connectivity index (χ1) is 12.6. The van der Waals surface area contributed by atoms with Gasteiger partial charge in [0.1, 0.15) is 11.5 Å². The summed E-state index contributed by atoms with van der Waals surface area (Å²) in [4.78, 5) is 0. The minimum atomic E-state index is -0.127. The van der Waals surface area contributed by atoms with Crippen molar-refractivity contribution in [2.45, 2.75) is 38.5 Å². The highest BCUT2D eigenvalue weighted by molar-refractivity contribution is 7.48. The molecular formula is C21H29O4P. The summed E-state index contributed by atoms with van der Waals surface area (Å²) >= 11 is 0. The summed E-state index contributed by atoms with van der Waals surface area (Å²) in [5.74, 6) is 1.63. The van der Waals surface area contributed by atoms with Gasteiger partial charge < -0.3 is 19.3 Å². The molecule has 0 amide bonds. The summed E-state index contributed by atoms with van der Waals surface area (Å²) in [6.07, 6.45) is 2.05. The Bertz CT molecular complexity index is 704. The van der Waals surface area contributed by atoms with E-state index in [1.165, 1.54) is 5.30 Å². The van der Waals surface area contributed by atoms with E-state index in [9.17, 15) is 5.11 Å². The Morgan fingerprint density at radius 2 is 1.88 bits per heavy atom. The van der Waals surface area contributed by atoms with Crippen LogP contribution in [-0.4, -0.2) is 26.1 Å². The minimum absolute atomic E-state index is 0.0521. The molecule has 0 aliphatic carbocycles. The van der Waals surface area contributed by atoms with E-state index in [4.69, 9.17) is 14.2 Å². The number of aliphatic hydroxyl groups excluding tert-OH is 1. The summed E-state index contributed by atoms with van der Waals surface area (Å²) in [7, 11) is 3.80. The Labute approximate surface area is 158 Å². The van der Waals surface area contributed by atoms with E-state index in [1.807, 2.05) is 30.3 Å². The molecule has 0 saturated carbocycles. The Kier molecular flexibility index (Phi) is 7.89. The van der Waals surface area contributed by atoms with Crippen molar-refractivity contribution in [2.75, 3.05) is 21.0 Å². The SMILES string of the molecule is CCCC(C)(Pc1ccccc1CO)c1cc(OC)ccc1OCOC. The number of methoxy groups -OCH3 is 2. The first-order valence-corrected chi connectivity index (χ1v) is 9.85. The van der Waals surface area contributed by atoms with E-state index in [1.54, 1.807) is 14.2 Å². The molecule has 2 rings (SSSR count). The van der Waals surface area contributed by atoms with Gasteiger partial charge in [-0.1, -0.05) is 53.1 Å². The summed E-state index contributed by atoms with van der Waals surface area (Å²) < 4.78 is 16.4. The third-order valence-electron chi connectivity index (χ3n) is 4.46. The van der Waals surface area contributed by atoms with Crippen LogP contribution >= 0.6 is 8.58 Å². The third-order valence-corrected chi connectivity index (χ3v) is 6.29. The van der Waals surface area contributed by atoms with Crippen molar-refractivity contribution < 1.29 is 19.3 Å². The summed E-state index contributed by atoms with van der Waals surface area (Å²) in [6, 6.07) is 14.0. The summed E-state index contributed by atoms with van der Waals surface area (Å²) in [5.41, 5.74) is 2.09. The smallest absolute Gasteiger partial charge is 0.188 e. The average molecular weight is 376 g/mol. The van der Waals surface area contributed by atoms with Crippen molar-refractivity contribution in [1.82, 2.24) is 0 Å². The van der Waals surface area contributed by atoms with Crippen molar-refractivity contribution >= 4 is 13.9 Å². The molecule has 0 saturated heterocycles. The first kappa shape index (κ1) is 20.7. The van der Waals surface area contributed by atoms with E-state index in [0.29, 0.717) is 8.58 Å². The molecule has 5 heteroatoms. The van der Waals surface area contributed by atoms with Gasteiger partial charge in [0.15, 0.2) is 6.79 Å². The molecule has 0 aromatic heterocycles. The molecule has 4 nitrogen and oxygen atoms in total. The van der Waals surface area contributed by atoms with Gasteiger partial charge in [0.2, 0.25) is 0 Å². The molecule has 26 heavy (non-hydrogen) atoms. The zero-order chi connectivity index (χ0) is 19.0. The average Bonchev–Trinajstić information content (AvgIpc) is 2.66. The maximum absolute atomic E-state index is 9.71. The molecule has 0 radical (unpaired) electrons. The zero-order valence-corrected chi connectivity index (χ0v) is 17.0. The van der Waals surface area contributed by atoms with E-state index < -0.39 is 0 Å². The highest BCUT2D eigenvalue weighted by Gasteiger charge is 2.31. The zero-order valence-electron chi connectivity index (χ0n) is 16.0. The first-order valence-electron chi connectivity index (χ1n) is 8.85. The second kappa shape index (κ2) is 9.91. The second-order valence-corrected chi connectivity index (χ2v) is 8.33. The Hall–Kier alpha value is -1.61. The number of hydrogen-bond acceptors (Lipinski definition) is 4. The predicted octanol–water partition coefficient (Wildman–Crippen LogP) is 4.19. The predicted molar refractivity (Wildman–Crippen MR) is 108 cm³/mol. The van der Waals surface area contributed by atoms with Gasteiger partial charge in [-0.05, 0) is 35.5 Å². The highest BCUT2D eigenvalue weighted by atomic mass is 31.1. The fourth-order valence-electron chi connectivity index (χ4n) is 3.16. The fraction of sp³-hybridized carbons (Fsp3) is 0.429. The Morgan fingerprint density at radius 1 is 1.12 bits per heavy atom. The lowest BCUT2D eigenvalue weighted by atomic mass is 9.94. The third kappa shape index (κ3) is 4.97. The molecule has 2 aromatic carbocycles. The molecule has 0 aliphatic rings.